The fraction of sp³-hybridized carbons (Fsp3) is 0.0182. The van der Waals surface area contributed by atoms with Crippen LogP contribution in [0.3, 0.4) is 0 Å². The Kier molecular flexibility index (Phi) is 7.14. The molecule has 0 amide bonds. The van der Waals surface area contributed by atoms with Crippen LogP contribution in [0.1, 0.15) is 22.3 Å². The van der Waals surface area contributed by atoms with E-state index in [-0.39, 0.29) is 0 Å². The molecule has 0 saturated heterocycles. The van der Waals surface area contributed by atoms with Gasteiger partial charge in [0, 0.05) is 26.4 Å². The molecule has 2 aliphatic rings. The van der Waals surface area contributed by atoms with Gasteiger partial charge in [-0.15, -0.1) is 0 Å². The molecular weight excluding hydrogens is 707 g/mol. The van der Waals surface area contributed by atoms with Crippen molar-refractivity contribution in [1.29, 1.82) is 0 Å². The number of hydrogen-bond donors (Lipinski definition) is 0. The first kappa shape index (κ1) is 32.4. The first-order valence-electron chi connectivity index (χ1n) is 19.7. The molecule has 0 saturated carbocycles. The van der Waals surface area contributed by atoms with Gasteiger partial charge in [0.2, 0.25) is 0 Å². The Morgan fingerprint density at radius 3 is 1.86 bits per heavy atom. The Morgan fingerprint density at radius 1 is 0.368 bits per heavy atom. The average Bonchev–Trinajstić information content (AvgIpc) is 3.28. The summed E-state index contributed by atoms with van der Waals surface area (Å²) in [6.07, 6.45) is 0. The van der Waals surface area contributed by atoms with Crippen LogP contribution in [0.5, 0.6) is 0 Å². The fourth-order valence-corrected chi connectivity index (χ4v) is 11.2. The van der Waals surface area contributed by atoms with E-state index in [1.807, 2.05) is 11.8 Å². The lowest BCUT2D eigenvalue weighted by atomic mass is 9.59. The predicted octanol–water partition coefficient (Wildman–Crippen LogP) is 15.1. The molecule has 57 heavy (non-hydrogen) atoms. The van der Waals surface area contributed by atoms with Gasteiger partial charge < -0.3 is 4.90 Å². The molecule has 266 valence electrons. The van der Waals surface area contributed by atoms with Crippen molar-refractivity contribution in [3.8, 4) is 22.3 Å². The van der Waals surface area contributed by atoms with E-state index >= 15 is 0 Å². The van der Waals surface area contributed by atoms with Crippen molar-refractivity contribution >= 4 is 61.1 Å². The normalized spacial score (nSPS) is 15.0. The summed E-state index contributed by atoms with van der Waals surface area (Å²) in [4.78, 5) is 5.11. The molecule has 1 spiro atoms. The highest BCUT2D eigenvalue weighted by molar-refractivity contribution is 7.99. The van der Waals surface area contributed by atoms with Gasteiger partial charge in [0.25, 0.3) is 0 Å². The molecule has 0 N–H and O–H groups in total. The van der Waals surface area contributed by atoms with Gasteiger partial charge in [0.1, 0.15) is 0 Å². The lowest BCUT2D eigenvalue weighted by Crippen LogP contribution is -2.36. The van der Waals surface area contributed by atoms with E-state index < -0.39 is 5.41 Å². The summed E-state index contributed by atoms with van der Waals surface area (Å²) >= 11 is 1.89. The van der Waals surface area contributed by atoms with Crippen molar-refractivity contribution in [2.45, 2.75) is 15.2 Å². The Balaban J connectivity index is 1.22. The van der Waals surface area contributed by atoms with Gasteiger partial charge in [0.05, 0.1) is 16.8 Å². The maximum atomic E-state index is 2.53. The average molecular weight is 742 g/mol. The summed E-state index contributed by atoms with van der Waals surface area (Å²) in [6, 6.07) is 79.1. The van der Waals surface area contributed by atoms with E-state index in [4.69, 9.17) is 0 Å². The van der Waals surface area contributed by atoms with Gasteiger partial charge in [0.15, 0.2) is 0 Å². The van der Waals surface area contributed by atoms with Crippen LogP contribution in [0.2, 0.25) is 0 Å². The molecule has 10 aromatic carbocycles. The van der Waals surface area contributed by atoms with Gasteiger partial charge in [-0.25, -0.2) is 0 Å². The summed E-state index contributed by atoms with van der Waals surface area (Å²) in [5.74, 6) is 0. The van der Waals surface area contributed by atoms with Crippen LogP contribution in [0.15, 0.2) is 222 Å². The molecule has 10 aromatic rings. The van der Waals surface area contributed by atoms with Gasteiger partial charge in [-0.2, -0.15) is 0 Å². The molecule has 0 aromatic heterocycles. The van der Waals surface area contributed by atoms with E-state index in [9.17, 15) is 0 Å². The third-order valence-electron chi connectivity index (χ3n) is 12.3. The zero-order chi connectivity index (χ0) is 37.5. The number of hydrogen-bond acceptors (Lipinski definition) is 2. The molecule has 0 radical (unpaired) electrons. The van der Waals surface area contributed by atoms with Crippen LogP contribution in [-0.2, 0) is 5.41 Å². The topological polar surface area (TPSA) is 3.24 Å². The largest absolute Gasteiger partial charge is 0.309 e. The van der Waals surface area contributed by atoms with Crippen LogP contribution >= 0.6 is 11.8 Å². The molecular formula is C55H35NS. The predicted molar refractivity (Wildman–Crippen MR) is 241 cm³/mol. The van der Waals surface area contributed by atoms with Crippen molar-refractivity contribution < 1.29 is 0 Å². The summed E-state index contributed by atoms with van der Waals surface area (Å²) < 4.78 is 0. The van der Waals surface area contributed by atoms with Crippen molar-refractivity contribution in [2.75, 3.05) is 4.90 Å². The van der Waals surface area contributed by atoms with Crippen molar-refractivity contribution in [3.05, 3.63) is 235 Å². The van der Waals surface area contributed by atoms with Gasteiger partial charge in [-0.05, 0) is 102 Å². The Morgan fingerprint density at radius 2 is 0.982 bits per heavy atom. The van der Waals surface area contributed by atoms with Crippen molar-refractivity contribution in [2.24, 2.45) is 0 Å². The quantitative estimate of drug-likeness (QED) is 0.177. The van der Waals surface area contributed by atoms with E-state index in [1.54, 1.807) is 0 Å². The minimum atomic E-state index is -0.548. The fourth-order valence-electron chi connectivity index (χ4n) is 9.98. The van der Waals surface area contributed by atoms with E-state index in [1.165, 1.54) is 86.6 Å². The van der Waals surface area contributed by atoms with Crippen LogP contribution in [0.25, 0.3) is 54.6 Å². The summed E-state index contributed by atoms with van der Waals surface area (Å²) in [5, 5.41) is 7.49. The highest BCUT2D eigenvalue weighted by Gasteiger charge is 2.48. The molecule has 0 bridgehead atoms. The van der Waals surface area contributed by atoms with Gasteiger partial charge >= 0.3 is 0 Å². The smallest absolute Gasteiger partial charge is 0.0736 e. The molecule has 1 aliphatic carbocycles. The molecule has 12 rings (SSSR count). The zero-order valence-corrected chi connectivity index (χ0v) is 31.9. The van der Waals surface area contributed by atoms with E-state index in [2.05, 4.69) is 217 Å². The van der Waals surface area contributed by atoms with Crippen molar-refractivity contribution in [3.63, 3.8) is 0 Å². The Hall–Kier alpha value is -6.87. The highest BCUT2D eigenvalue weighted by Crippen LogP contribution is 2.62. The molecule has 0 fully saturated rings. The first-order valence-corrected chi connectivity index (χ1v) is 20.5. The van der Waals surface area contributed by atoms with E-state index in [0.29, 0.717) is 0 Å². The number of benzene rings is 10. The number of fused-ring (bicyclic) bond motifs is 10. The van der Waals surface area contributed by atoms with Crippen LogP contribution in [-0.4, -0.2) is 0 Å². The standard InChI is InChI=1S/C55H35NS/c1-2-17-39(18-3-1)54-42-23-7-5-16-37(42)31-33-50(54)56(49-29-14-19-36-15-4-6-22-41(36)49)40-32-34-52-48(35-40)55(46-27-10-11-30-51(46)57-52)45-26-9-8-24-43(45)44-25-12-20-38-21-13-28-47(55)53(38)44/h1-35H. The lowest BCUT2D eigenvalue weighted by Gasteiger charge is -2.46. The Labute approximate surface area is 336 Å². The molecule has 1 heterocycles. The maximum Gasteiger partial charge on any atom is 0.0736 e. The summed E-state index contributed by atoms with van der Waals surface area (Å²) in [5.41, 5.74) is 13.2. The first-order chi connectivity index (χ1) is 28.3. The molecule has 1 unspecified atom stereocenters. The minimum Gasteiger partial charge on any atom is -0.309 e. The minimum absolute atomic E-state index is 0.548. The second-order valence-electron chi connectivity index (χ2n) is 15.2. The second-order valence-corrected chi connectivity index (χ2v) is 16.2. The maximum absolute atomic E-state index is 2.53. The molecule has 1 aliphatic heterocycles. The summed E-state index contributed by atoms with van der Waals surface area (Å²) in [6.45, 7) is 0. The van der Waals surface area contributed by atoms with Crippen molar-refractivity contribution in [1.82, 2.24) is 0 Å². The molecule has 2 heteroatoms. The van der Waals surface area contributed by atoms with E-state index in [0.717, 1.165) is 17.1 Å². The Bertz CT molecular complexity index is 3230. The summed E-state index contributed by atoms with van der Waals surface area (Å²) in [7, 11) is 0. The van der Waals surface area contributed by atoms with Crippen LogP contribution in [0, 0.1) is 0 Å². The van der Waals surface area contributed by atoms with Crippen LogP contribution < -0.4 is 4.90 Å². The lowest BCUT2D eigenvalue weighted by molar-refractivity contribution is 0.707. The van der Waals surface area contributed by atoms with Gasteiger partial charge in [-0.3, -0.25) is 0 Å². The third kappa shape index (κ3) is 4.65. The number of nitrogens with zero attached hydrogens (tertiary/aromatic N) is 1. The van der Waals surface area contributed by atoms with Crippen LogP contribution in [0.4, 0.5) is 17.1 Å². The SMILES string of the molecule is c1ccc(-c2c(N(c3ccc4c(c3)C3(c5ccccc5S4)c4ccccc4-c4cccc5cccc3c45)c3cccc4ccccc34)ccc3ccccc23)cc1. The number of rotatable bonds is 4. The number of anilines is 3. The third-order valence-corrected chi connectivity index (χ3v) is 13.4. The highest BCUT2D eigenvalue weighted by atomic mass is 32.2. The second kappa shape index (κ2) is 12.6. The molecule has 1 atom stereocenters. The monoisotopic (exact) mass is 741 g/mol. The zero-order valence-electron chi connectivity index (χ0n) is 31.1. The van der Waals surface area contributed by atoms with Gasteiger partial charge in [-0.1, -0.05) is 188 Å². The molecule has 1 nitrogen and oxygen atoms in total.